The molecule has 0 bridgehead atoms. The van der Waals surface area contributed by atoms with Crippen molar-refractivity contribution in [3.05, 3.63) is 23.5 Å². The molecule has 0 saturated carbocycles. The average molecular weight is 217 g/mol. The SMILES string of the molecule is CS(=O)(=O)Cc1ccc(O)c(CO)n1. The minimum atomic E-state index is -3.14. The lowest BCUT2D eigenvalue weighted by molar-refractivity contribution is 0.269. The number of hydrogen-bond donors (Lipinski definition) is 2. The van der Waals surface area contributed by atoms with E-state index in [1.165, 1.54) is 12.1 Å². The van der Waals surface area contributed by atoms with E-state index in [1.54, 1.807) is 0 Å². The first kappa shape index (κ1) is 10.9. The van der Waals surface area contributed by atoms with E-state index in [9.17, 15) is 8.42 Å². The molecular formula is C8H11NO4S. The van der Waals surface area contributed by atoms with E-state index in [0.717, 1.165) is 6.26 Å². The van der Waals surface area contributed by atoms with Gasteiger partial charge in [0.2, 0.25) is 0 Å². The summed E-state index contributed by atoms with van der Waals surface area (Å²) in [6, 6.07) is 2.73. The standard InChI is InChI=1S/C8H11NO4S/c1-14(12,13)5-6-2-3-8(11)7(4-10)9-6/h2-3,10-11H,4-5H2,1H3. The number of hydrogen-bond acceptors (Lipinski definition) is 5. The fourth-order valence-corrected chi connectivity index (χ4v) is 1.70. The zero-order chi connectivity index (χ0) is 10.8. The van der Waals surface area contributed by atoms with Crippen LogP contribution in [0.1, 0.15) is 11.4 Å². The Morgan fingerprint density at radius 2 is 2.07 bits per heavy atom. The van der Waals surface area contributed by atoms with Crippen LogP contribution in [-0.2, 0) is 22.2 Å². The van der Waals surface area contributed by atoms with Crippen molar-refractivity contribution in [1.82, 2.24) is 4.98 Å². The van der Waals surface area contributed by atoms with Gasteiger partial charge in [0, 0.05) is 6.26 Å². The Morgan fingerprint density at radius 3 is 2.57 bits per heavy atom. The van der Waals surface area contributed by atoms with E-state index in [2.05, 4.69) is 4.98 Å². The second kappa shape index (κ2) is 3.93. The minimum absolute atomic E-state index is 0.0890. The molecular weight excluding hydrogens is 206 g/mol. The number of aliphatic hydroxyl groups is 1. The first-order valence-corrected chi connectivity index (χ1v) is 5.95. The van der Waals surface area contributed by atoms with Gasteiger partial charge >= 0.3 is 0 Å². The summed E-state index contributed by atoms with van der Waals surface area (Å²) in [6.07, 6.45) is 1.10. The van der Waals surface area contributed by atoms with Crippen molar-refractivity contribution >= 4 is 9.84 Å². The van der Waals surface area contributed by atoms with Gasteiger partial charge in [0.1, 0.15) is 11.4 Å². The molecule has 0 aromatic carbocycles. The molecule has 6 heteroatoms. The molecule has 0 aliphatic carbocycles. The Morgan fingerprint density at radius 1 is 1.43 bits per heavy atom. The molecule has 0 spiro atoms. The molecule has 1 aromatic heterocycles. The second-order valence-corrected chi connectivity index (χ2v) is 5.14. The molecule has 5 nitrogen and oxygen atoms in total. The first-order chi connectivity index (χ1) is 6.42. The number of aliphatic hydroxyl groups excluding tert-OH is 1. The van der Waals surface area contributed by atoms with Gasteiger partial charge in [0.15, 0.2) is 9.84 Å². The van der Waals surface area contributed by atoms with Crippen LogP contribution in [0, 0.1) is 0 Å². The number of nitrogens with zero attached hydrogens (tertiary/aromatic N) is 1. The fourth-order valence-electron chi connectivity index (χ4n) is 1.00. The number of rotatable bonds is 3. The van der Waals surface area contributed by atoms with Crippen molar-refractivity contribution in [2.45, 2.75) is 12.4 Å². The summed E-state index contributed by atoms with van der Waals surface area (Å²) in [7, 11) is -3.14. The van der Waals surface area contributed by atoms with E-state index in [4.69, 9.17) is 10.2 Å². The van der Waals surface area contributed by atoms with Gasteiger partial charge < -0.3 is 10.2 Å². The Labute approximate surface area is 82.0 Å². The van der Waals surface area contributed by atoms with E-state index in [1.807, 2.05) is 0 Å². The molecule has 78 valence electrons. The Balaban J connectivity index is 3.01. The largest absolute Gasteiger partial charge is 0.506 e. The van der Waals surface area contributed by atoms with E-state index in [-0.39, 0.29) is 17.2 Å². The number of pyridine rings is 1. The molecule has 1 aromatic rings. The van der Waals surface area contributed by atoms with Crippen LogP contribution in [-0.4, -0.2) is 29.9 Å². The average Bonchev–Trinajstić information content (AvgIpc) is 2.06. The van der Waals surface area contributed by atoms with Gasteiger partial charge in [-0.2, -0.15) is 0 Å². The third-order valence-electron chi connectivity index (χ3n) is 1.57. The van der Waals surface area contributed by atoms with Gasteiger partial charge in [0.05, 0.1) is 18.1 Å². The van der Waals surface area contributed by atoms with Crippen molar-refractivity contribution in [3.63, 3.8) is 0 Å². The smallest absolute Gasteiger partial charge is 0.153 e. The van der Waals surface area contributed by atoms with E-state index in [0.29, 0.717) is 5.69 Å². The Kier molecular flexibility index (Phi) is 3.07. The highest BCUT2D eigenvalue weighted by Crippen LogP contribution is 2.15. The summed E-state index contributed by atoms with van der Waals surface area (Å²) in [5.41, 5.74) is 0.403. The van der Waals surface area contributed by atoms with Gasteiger partial charge in [0.25, 0.3) is 0 Å². The van der Waals surface area contributed by atoms with Crippen molar-refractivity contribution in [2.24, 2.45) is 0 Å². The summed E-state index contributed by atoms with van der Waals surface area (Å²) < 4.78 is 21.8. The lowest BCUT2D eigenvalue weighted by Crippen LogP contribution is -2.04. The Hall–Kier alpha value is -1.14. The highest BCUT2D eigenvalue weighted by Gasteiger charge is 2.08. The lowest BCUT2D eigenvalue weighted by atomic mass is 10.3. The maximum atomic E-state index is 10.9. The molecule has 2 N–H and O–H groups in total. The molecule has 0 atom stereocenters. The minimum Gasteiger partial charge on any atom is -0.506 e. The van der Waals surface area contributed by atoms with Crippen LogP contribution in [0.25, 0.3) is 0 Å². The predicted octanol–water partition coefficient (Wildman–Crippen LogP) is -0.176. The van der Waals surface area contributed by atoms with E-state index >= 15 is 0 Å². The number of sulfone groups is 1. The zero-order valence-corrected chi connectivity index (χ0v) is 8.45. The first-order valence-electron chi connectivity index (χ1n) is 3.89. The molecule has 0 saturated heterocycles. The third kappa shape index (κ3) is 2.97. The van der Waals surface area contributed by atoms with Gasteiger partial charge in [-0.25, -0.2) is 8.42 Å². The zero-order valence-electron chi connectivity index (χ0n) is 7.64. The topological polar surface area (TPSA) is 87.5 Å². The third-order valence-corrected chi connectivity index (χ3v) is 2.39. The molecule has 0 radical (unpaired) electrons. The Bertz CT molecular complexity index is 427. The second-order valence-electron chi connectivity index (χ2n) is 3.00. The van der Waals surface area contributed by atoms with Crippen LogP contribution in [0.2, 0.25) is 0 Å². The van der Waals surface area contributed by atoms with Crippen LogP contribution in [0.15, 0.2) is 12.1 Å². The van der Waals surface area contributed by atoms with Crippen LogP contribution in [0.3, 0.4) is 0 Å². The molecule has 0 unspecified atom stereocenters. The molecule has 0 fully saturated rings. The van der Waals surface area contributed by atoms with Gasteiger partial charge in [-0.3, -0.25) is 4.98 Å². The highest BCUT2D eigenvalue weighted by molar-refractivity contribution is 7.89. The molecule has 0 aliphatic heterocycles. The summed E-state index contributed by atoms with van der Waals surface area (Å²) in [5, 5.41) is 17.9. The maximum absolute atomic E-state index is 10.9. The predicted molar refractivity (Wildman–Crippen MR) is 50.4 cm³/mol. The molecule has 14 heavy (non-hydrogen) atoms. The van der Waals surface area contributed by atoms with Gasteiger partial charge in [-0.05, 0) is 12.1 Å². The summed E-state index contributed by atoms with van der Waals surface area (Å²) in [5.74, 6) is -0.329. The lowest BCUT2D eigenvalue weighted by Gasteiger charge is -2.03. The van der Waals surface area contributed by atoms with Crippen LogP contribution in [0.4, 0.5) is 0 Å². The summed E-state index contributed by atoms with van der Waals surface area (Å²) >= 11 is 0. The summed E-state index contributed by atoms with van der Waals surface area (Å²) in [4.78, 5) is 3.80. The van der Waals surface area contributed by atoms with Crippen LogP contribution in [0.5, 0.6) is 5.75 Å². The molecule has 0 aliphatic rings. The van der Waals surface area contributed by atoms with Crippen molar-refractivity contribution < 1.29 is 18.6 Å². The maximum Gasteiger partial charge on any atom is 0.153 e. The quantitative estimate of drug-likeness (QED) is 0.733. The summed E-state index contributed by atoms with van der Waals surface area (Å²) in [6.45, 7) is -0.413. The van der Waals surface area contributed by atoms with Crippen molar-refractivity contribution in [2.75, 3.05) is 6.26 Å². The molecule has 0 amide bonds. The van der Waals surface area contributed by atoms with Crippen molar-refractivity contribution in [1.29, 1.82) is 0 Å². The van der Waals surface area contributed by atoms with Gasteiger partial charge in [-0.15, -0.1) is 0 Å². The van der Waals surface area contributed by atoms with Gasteiger partial charge in [-0.1, -0.05) is 0 Å². The van der Waals surface area contributed by atoms with Crippen molar-refractivity contribution in [3.8, 4) is 5.75 Å². The monoisotopic (exact) mass is 217 g/mol. The van der Waals surface area contributed by atoms with Crippen LogP contribution < -0.4 is 0 Å². The molecule has 1 heterocycles. The number of aromatic hydroxyl groups is 1. The van der Waals surface area contributed by atoms with Crippen LogP contribution >= 0.6 is 0 Å². The number of aromatic nitrogens is 1. The highest BCUT2D eigenvalue weighted by atomic mass is 32.2. The molecule has 1 rings (SSSR count). The van der Waals surface area contributed by atoms with E-state index < -0.39 is 16.4 Å². The normalized spacial score (nSPS) is 11.6. The fraction of sp³-hybridized carbons (Fsp3) is 0.375.